The number of carbonyl (C=O) groups excluding carboxylic acids is 1. The second kappa shape index (κ2) is 6.10. The number of alkyl halides is 3. The van der Waals surface area contributed by atoms with Gasteiger partial charge in [-0.25, -0.2) is 9.59 Å². The summed E-state index contributed by atoms with van der Waals surface area (Å²) in [6.45, 7) is 3.62. The molecule has 0 aliphatic rings. The molecule has 0 unspecified atom stereocenters. The summed E-state index contributed by atoms with van der Waals surface area (Å²) in [5, 5.41) is 0.681. The first-order valence-electron chi connectivity index (χ1n) is 5.78. The van der Waals surface area contributed by atoms with Crippen LogP contribution in [0.25, 0.3) is 11.0 Å². The van der Waals surface area contributed by atoms with Crippen LogP contribution in [0.4, 0.5) is 0 Å². The van der Waals surface area contributed by atoms with E-state index in [4.69, 9.17) is 44.0 Å². The Bertz CT molecular complexity index is 759. The van der Waals surface area contributed by atoms with E-state index < -0.39 is 15.4 Å². The summed E-state index contributed by atoms with van der Waals surface area (Å²) in [5.41, 5.74) is 0.262. The number of halogens is 3. The molecule has 0 bridgehead atoms. The number of carbonyl (C=O) groups is 1. The van der Waals surface area contributed by atoms with E-state index in [0.29, 0.717) is 23.0 Å². The van der Waals surface area contributed by atoms with E-state index in [9.17, 15) is 9.59 Å². The molecule has 0 aliphatic heterocycles. The number of rotatable bonds is 3. The lowest BCUT2D eigenvalue weighted by atomic mass is 10.1. The third kappa shape index (κ3) is 3.59. The fraction of sp³-hybridized carbons (Fsp3) is 0.143. The fourth-order valence-electron chi connectivity index (χ4n) is 1.76. The van der Waals surface area contributed by atoms with Crippen LogP contribution in [0, 0.1) is 0 Å². The Morgan fingerprint density at radius 3 is 2.57 bits per heavy atom. The minimum atomic E-state index is -2.20. The quantitative estimate of drug-likeness (QED) is 0.279. The molecule has 1 aromatic carbocycles. The van der Waals surface area contributed by atoms with Crippen molar-refractivity contribution in [1.29, 1.82) is 0 Å². The number of allylic oxidation sites excluding steroid dienone is 1. The Balaban J connectivity index is 2.58. The molecule has 0 saturated heterocycles. The van der Waals surface area contributed by atoms with Crippen LogP contribution >= 0.6 is 34.8 Å². The van der Waals surface area contributed by atoms with Gasteiger partial charge in [0.05, 0.1) is 0 Å². The number of benzene rings is 1. The summed E-state index contributed by atoms with van der Waals surface area (Å²) in [7, 11) is 0. The summed E-state index contributed by atoms with van der Waals surface area (Å²) in [6.07, 6.45) is 1.89. The van der Waals surface area contributed by atoms with Crippen molar-refractivity contribution in [3.05, 3.63) is 52.9 Å². The van der Waals surface area contributed by atoms with Crippen LogP contribution in [-0.4, -0.2) is 9.76 Å². The first-order valence-corrected chi connectivity index (χ1v) is 6.92. The van der Waals surface area contributed by atoms with Gasteiger partial charge in [-0.3, -0.25) is 0 Å². The number of esters is 1. The van der Waals surface area contributed by atoms with Crippen molar-refractivity contribution in [1.82, 2.24) is 0 Å². The highest BCUT2D eigenvalue weighted by atomic mass is 35.6. The van der Waals surface area contributed by atoms with Crippen molar-refractivity contribution in [2.75, 3.05) is 0 Å². The molecular formula is C14H9Cl3O4. The van der Waals surface area contributed by atoms with E-state index in [2.05, 4.69) is 6.58 Å². The number of hydrogen-bond acceptors (Lipinski definition) is 4. The summed E-state index contributed by atoms with van der Waals surface area (Å²) < 4.78 is 8.03. The van der Waals surface area contributed by atoms with Gasteiger partial charge < -0.3 is 9.15 Å². The monoisotopic (exact) mass is 346 g/mol. The Morgan fingerprint density at radius 1 is 1.29 bits per heavy atom. The van der Waals surface area contributed by atoms with E-state index in [0.717, 1.165) is 0 Å². The van der Waals surface area contributed by atoms with Crippen LogP contribution in [0.3, 0.4) is 0 Å². The molecule has 0 saturated carbocycles. The van der Waals surface area contributed by atoms with Crippen molar-refractivity contribution in [2.45, 2.75) is 10.2 Å². The molecule has 0 spiro atoms. The van der Waals surface area contributed by atoms with E-state index >= 15 is 0 Å². The average molecular weight is 348 g/mol. The Kier molecular flexibility index (Phi) is 4.61. The van der Waals surface area contributed by atoms with Crippen LogP contribution in [0.1, 0.15) is 5.56 Å². The highest BCUT2D eigenvalue weighted by molar-refractivity contribution is 6.75. The molecular weight excluding hydrogens is 339 g/mol. The summed E-state index contributed by atoms with van der Waals surface area (Å²) in [6, 6.07) is 6.07. The van der Waals surface area contributed by atoms with Crippen LogP contribution < -0.4 is 10.4 Å². The minimum absolute atomic E-state index is 0.146. The predicted molar refractivity (Wildman–Crippen MR) is 82.3 cm³/mol. The van der Waals surface area contributed by atoms with Crippen molar-refractivity contribution in [3.63, 3.8) is 0 Å². The highest BCUT2D eigenvalue weighted by Crippen LogP contribution is 2.32. The molecule has 0 atom stereocenters. The molecule has 0 amide bonds. The van der Waals surface area contributed by atoms with Crippen LogP contribution in [0.2, 0.25) is 0 Å². The topological polar surface area (TPSA) is 56.5 Å². The van der Waals surface area contributed by atoms with Crippen molar-refractivity contribution >= 4 is 51.7 Å². The number of fused-ring (bicyclic) bond motifs is 1. The van der Waals surface area contributed by atoms with Crippen molar-refractivity contribution in [2.24, 2.45) is 0 Å². The number of hydrogen-bond donors (Lipinski definition) is 0. The average Bonchev–Trinajstić information content (AvgIpc) is 2.40. The van der Waals surface area contributed by atoms with E-state index in [1.54, 1.807) is 18.2 Å². The lowest BCUT2D eigenvalue weighted by Gasteiger charge is -2.13. The standard InChI is InChI=1S/C14H9Cl3O4/c1-2-3-9-10(20-13(19)14(15,16)17)6-4-8-5-7-11(18)21-12(8)9/h2,4-7H,1,3H2. The predicted octanol–water partition coefficient (Wildman–Crippen LogP) is 3.80. The van der Waals surface area contributed by atoms with Gasteiger partial charge in [0.1, 0.15) is 11.3 Å². The Labute approximate surface area is 134 Å². The SMILES string of the molecule is C=CCc1c(OC(=O)C(Cl)(Cl)Cl)ccc2ccc(=O)oc12. The molecule has 2 aromatic rings. The van der Waals surface area contributed by atoms with Gasteiger partial charge in [-0.2, -0.15) is 0 Å². The second-order valence-corrected chi connectivity index (χ2v) is 6.38. The third-order valence-electron chi connectivity index (χ3n) is 2.63. The Hall–Kier alpha value is -1.49. The smallest absolute Gasteiger partial charge is 0.363 e. The molecule has 0 fully saturated rings. The molecule has 1 heterocycles. The normalized spacial score (nSPS) is 11.4. The summed E-state index contributed by atoms with van der Waals surface area (Å²) in [4.78, 5) is 23.0. The molecule has 1 aromatic heterocycles. The minimum Gasteiger partial charge on any atom is -0.423 e. The van der Waals surface area contributed by atoms with Gasteiger partial charge in [0.25, 0.3) is 3.79 Å². The van der Waals surface area contributed by atoms with E-state index in [1.165, 1.54) is 12.1 Å². The Morgan fingerprint density at radius 2 is 1.95 bits per heavy atom. The van der Waals surface area contributed by atoms with Gasteiger partial charge in [0.15, 0.2) is 0 Å². The highest BCUT2D eigenvalue weighted by Gasteiger charge is 2.33. The van der Waals surface area contributed by atoms with Crippen molar-refractivity contribution < 1.29 is 13.9 Å². The van der Waals surface area contributed by atoms with E-state index in [-0.39, 0.29) is 5.75 Å². The van der Waals surface area contributed by atoms with Crippen LogP contribution in [0.15, 0.2) is 46.1 Å². The lowest BCUT2D eigenvalue weighted by Crippen LogP contribution is -2.25. The molecule has 0 N–H and O–H groups in total. The zero-order valence-corrected chi connectivity index (χ0v) is 12.8. The van der Waals surface area contributed by atoms with Gasteiger partial charge in [-0.05, 0) is 24.6 Å². The summed E-state index contributed by atoms with van der Waals surface area (Å²) >= 11 is 16.4. The van der Waals surface area contributed by atoms with Gasteiger partial charge in [0, 0.05) is 17.0 Å². The molecule has 4 nitrogen and oxygen atoms in total. The van der Waals surface area contributed by atoms with Gasteiger partial charge in [-0.1, -0.05) is 40.9 Å². The largest absolute Gasteiger partial charge is 0.423 e. The molecule has 0 radical (unpaired) electrons. The van der Waals surface area contributed by atoms with Crippen molar-refractivity contribution in [3.8, 4) is 5.75 Å². The van der Waals surface area contributed by atoms with Crippen LogP contribution in [-0.2, 0) is 11.2 Å². The lowest BCUT2D eigenvalue weighted by molar-refractivity contribution is -0.133. The maximum atomic E-state index is 11.7. The zero-order chi connectivity index (χ0) is 15.6. The molecule has 0 aliphatic carbocycles. The van der Waals surface area contributed by atoms with E-state index in [1.807, 2.05) is 0 Å². The summed E-state index contributed by atoms with van der Waals surface area (Å²) in [5.74, 6) is -0.900. The molecule has 2 rings (SSSR count). The third-order valence-corrected chi connectivity index (χ3v) is 3.10. The van der Waals surface area contributed by atoms with Gasteiger partial charge >= 0.3 is 11.6 Å². The molecule has 110 valence electrons. The maximum Gasteiger partial charge on any atom is 0.363 e. The maximum absolute atomic E-state index is 11.7. The van der Waals surface area contributed by atoms with Gasteiger partial charge in [-0.15, -0.1) is 6.58 Å². The fourth-order valence-corrected chi connectivity index (χ4v) is 1.88. The zero-order valence-electron chi connectivity index (χ0n) is 10.6. The first-order chi connectivity index (χ1) is 9.82. The molecule has 7 heteroatoms. The second-order valence-electron chi connectivity index (χ2n) is 4.10. The first kappa shape index (κ1) is 15.9. The van der Waals surface area contributed by atoms with Crippen LogP contribution in [0.5, 0.6) is 5.75 Å². The number of ether oxygens (including phenoxy) is 1. The van der Waals surface area contributed by atoms with Gasteiger partial charge in [0.2, 0.25) is 0 Å². The molecule has 21 heavy (non-hydrogen) atoms.